The molecule has 0 bridgehead atoms. The lowest BCUT2D eigenvalue weighted by Crippen LogP contribution is -2.37. The van der Waals surface area contributed by atoms with Gasteiger partial charge in [0.1, 0.15) is 5.75 Å². The molecule has 7 nitrogen and oxygen atoms in total. The number of rotatable bonds is 6. The first-order valence-electron chi connectivity index (χ1n) is 9.26. The highest BCUT2D eigenvalue weighted by molar-refractivity contribution is 7.92. The molecule has 3 N–H and O–H groups in total. The van der Waals surface area contributed by atoms with Crippen LogP contribution in [0.2, 0.25) is 0 Å². The summed E-state index contributed by atoms with van der Waals surface area (Å²) < 4.78 is 32.7. The third-order valence-electron chi connectivity index (χ3n) is 4.73. The van der Waals surface area contributed by atoms with E-state index in [1.165, 1.54) is 12.1 Å². The first kappa shape index (κ1) is 21.1. The van der Waals surface area contributed by atoms with Gasteiger partial charge in [-0.3, -0.25) is 9.52 Å². The predicted octanol–water partition coefficient (Wildman–Crippen LogP) is 3.50. The summed E-state index contributed by atoms with van der Waals surface area (Å²) in [5, 5.41) is 5.81. The van der Waals surface area contributed by atoms with E-state index in [4.69, 9.17) is 17.0 Å². The maximum atomic E-state index is 12.5. The Hall–Kier alpha value is -2.65. The van der Waals surface area contributed by atoms with Crippen LogP contribution >= 0.6 is 12.2 Å². The fraction of sp³-hybridized carbons (Fsp3) is 0.300. The second kappa shape index (κ2) is 9.23. The molecule has 0 heterocycles. The molecule has 1 aliphatic carbocycles. The van der Waals surface area contributed by atoms with Gasteiger partial charge in [-0.1, -0.05) is 12.8 Å². The molecule has 0 spiro atoms. The lowest BCUT2D eigenvalue weighted by molar-refractivity contribution is -0.123. The number of sulfonamides is 1. The third kappa shape index (κ3) is 5.68. The zero-order valence-electron chi connectivity index (χ0n) is 16.0. The number of carbonyl (C=O) groups excluding carboxylic acids is 1. The molecule has 0 atom stereocenters. The fourth-order valence-electron chi connectivity index (χ4n) is 3.15. The Balaban J connectivity index is 1.59. The highest BCUT2D eigenvalue weighted by atomic mass is 32.2. The van der Waals surface area contributed by atoms with Crippen LogP contribution in [-0.4, -0.2) is 26.5 Å². The number of thiocarbonyl (C=S) groups is 1. The normalized spacial score (nSPS) is 14.2. The van der Waals surface area contributed by atoms with Gasteiger partial charge in [-0.05, 0) is 73.6 Å². The molecule has 1 aliphatic rings. The molecule has 1 amide bonds. The summed E-state index contributed by atoms with van der Waals surface area (Å²) in [4.78, 5) is 12.2. The maximum Gasteiger partial charge on any atom is 0.261 e. The smallest absolute Gasteiger partial charge is 0.261 e. The van der Waals surface area contributed by atoms with E-state index < -0.39 is 10.0 Å². The Labute approximate surface area is 175 Å². The molecule has 1 saturated carbocycles. The highest BCUT2D eigenvalue weighted by Gasteiger charge is 2.23. The van der Waals surface area contributed by atoms with Crippen molar-refractivity contribution in [3.8, 4) is 5.75 Å². The van der Waals surface area contributed by atoms with Gasteiger partial charge in [-0.15, -0.1) is 0 Å². The van der Waals surface area contributed by atoms with Gasteiger partial charge in [-0.25, -0.2) is 8.42 Å². The minimum Gasteiger partial charge on any atom is -0.497 e. The Bertz CT molecular complexity index is 968. The van der Waals surface area contributed by atoms with Crippen LogP contribution in [0.25, 0.3) is 0 Å². The molecule has 154 valence electrons. The van der Waals surface area contributed by atoms with Crippen molar-refractivity contribution in [2.45, 2.75) is 30.6 Å². The number of benzene rings is 2. The van der Waals surface area contributed by atoms with Crippen molar-refractivity contribution in [1.82, 2.24) is 5.32 Å². The fourth-order valence-corrected chi connectivity index (χ4v) is 4.43. The molecule has 2 aromatic carbocycles. The van der Waals surface area contributed by atoms with Gasteiger partial charge in [0.25, 0.3) is 10.0 Å². The Morgan fingerprint density at radius 1 is 1.00 bits per heavy atom. The molecule has 0 aliphatic heterocycles. The van der Waals surface area contributed by atoms with E-state index in [1.807, 2.05) is 0 Å². The summed E-state index contributed by atoms with van der Waals surface area (Å²) in [5.74, 6) is 0.591. The van der Waals surface area contributed by atoms with E-state index in [0.717, 1.165) is 25.7 Å². The molecular weight excluding hydrogens is 410 g/mol. The van der Waals surface area contributed by atoms with Gasteiger partial charge in [-0.2, -0.15) is 0 Å². The second-order valence-electron chi connectivity index (χ2n) is 6.78. The van der Waals surface area contributed by atoms with E-state index in [0.29, 0.717) is 17.1 Å². The average Bonchev–Trinajstić information content (AvgIpc) is 3.24. The standard InChI is InChI=1S/C20H23N3O4S2/c1-27-17-10-6-16(7-11-17)23-29(25,26)18-12-8-15(9-13-18)21-20(28)22-19(24)14-4-2-3-5-14/h6-14,23H,2-5H2,1H3,(H2,21,22,24,28). The molecule has 0 radical (unpaired) electrons. The van der Waals surface area contributed by atoms with Crippen LogP contribution in [0.15, 0.2) is 53.4 Å². The highest BCUT2D eigenvalue weighted by Crippen LogP contribution is 2.25. The van der Waals surface area contributed by atoms with E-state index >= 15 is 0 Å². The maximum absolute atomic E-state index is 12.5. The number of hydrogen-bond donors (Lipinski definition) is 3. The monoisotopic (exact) mass is 433 g/mol. The number of carbonyl (C=O) groups is 1. The summed E-state index contributed by atoms with van der Waals surface area (Å²) in [6, 6.07) is 12.7. The van der Waals surface area contributed by atoms with Gasteiger partial charge in [0, 0.05) is 17.3 Å². The van der Waals surface area contributed by atoms with Crippen molar-refractivity contribution in [2.75, 3.05) is 17.1 Å². The van der Waals surface area contributed by atoms with E-state index in [2.05, 4.69) is 15.4 Å². The number of ether oxygens (including phenoxy) is 1. The van der Waals surface area contributed by atoms with Crippen molar-refractivity contribution >= 4 is 44.6 Å². The van der Waals surface area contributed by atoms with Crippen LogP contribution in [0.3, 0.4) is 0 Å². The number of nitrogens with one attached hydrogen (secondary N) is 3. The number of anilines is 2. The quantitative estimate of drug-likeness (QED) is 0.604. The van der Waals surface area contributed by atoms with Crippen molar-refractivity contribution in [1.29, 1.82) is 0 Å². The van der Waals surface area contributed by atoms with Crippen LogP contribution in [-0.2, 0) is 14.8 Å². The van der Waals surface area contributed by atoms with Gasteiger partial charge >= 0.3 is 0 Å². The SMILES string of the molecule is COc1ccc(NS(=O)(=O)c2ccc(NC(=S)NC(=O)C3CCCC3)cc2)cc1. The Morgan fingerprint density at radius 2 is 1.59 bits per heavy atom. The number of hydrogen-bond acceptors (Lipinski definition) is 5. The summed E-state index contributed by atoms with van der Waals surface area (Å²) in [6.45, 7) is 0. The Morgan fingerprint density at radius 3 is 2.17 bits per heavy atom. The van der Waals surface area contributed by atoms with Crippen molar-refractivity contribution in [2.24, 2.45) is 5.92 Å². The second-order valence-corrected chi connectivity index (χ2v) is 8.87. The van der Waals surface area contributed by atoms with Gasteiger partial charge in [0.15, 0.2) is 5.11 Å². The van der Waals surface area contributed by atoms with Gasteiger partial charge in [0.2, 0.25) is 5.91 Å². The van der Waals surface area contributed by atoms with Crippen molar-refractivity contribution < 1.29 is 17.9 Å². The van der Waals surface area contributed by atoms with Crippen LogP contribution in [0, 0.1) is 5.92 Å². The summed E-state index contributed by atoms with van der Waals surface area (Å²) >= 11 is 5.18. The molecular formula is C20H23N3O4S2. The topological polar surface area (TPSA) is 96.5 Å². The van der Waals surface area contributed by atoms with Crippen molar-refractivity contribution in [3.05, 3.63) is 48.5 Å². The van der Waals surface area contributed by atoms with Gasteiger partial charge < -0.3 is 15.4 Å². The zero-order valence-corrected chi connectivity index (χ0v) is 17.6. The van der Waals surface area contributed by atoms with E-state index in [9.17, 15) is 13.2 Å². The molecule has 0 saturated heterocycles. The minimum absolute atomic E-state index is 0.0197. The molecule has 3 rings (SSSR count). The molecule has 0 aromatic heterocycles. The summed E-state index contributed by atoms with van der Waals surface area (Å²) in [5.41, 5.74) is 1.02. The van der Waals surface area contributed by atoms with Crippen LogP contribution in [0.1, 0.15) is 25.7 Å². The number of amides is 1. The van der Waals surface area contributed by atoms with Crippen LogP contribution < -0.4 is 20.1 Å². The average molecular weight is 434 g/mol. The van der Waals surface area contributed by atoms with Crippen LogP contribution in [0.5, 0.6) is 5.75 Å². The predicted molar refractivity (Wildman–Crippen MR) is 117 cm³/mol. The third-order valence-corrected chi connectivity index (χ3v) is 6.33. The van der Waals surface area contributed by atoms with Gasteiger partial charge in [0.05, 0.1) is 12.0 Å². The molecule has 29 heavy (non-hydrogen) atoms. The first-order valence-corrected chi connectivity index (χ1v) is 11.2. The summed E-state index contributed by atoms with van der Waals surface area (Å²) in [6.07, 6.45) is 3.92. The minimum atomic E-state index is -3.73. The van der Waals surface area contributed by atoms with E-state index in [1.54, 1.807) is 43.5 Å². The molecule has 1 fully saturated rings. The zero-order chi connectivity index (χ0) is 20.9. The summed E-state index contributed by atoms with van der Waals surface area (Å²) in [7, 11) is -2.19. The number of methoxy groups -OCH3 is 1. The van der Waals surface area contributed by atoms with E-state index in [-0.39, 0.29) is 21.8 Å². The Kier molecular flexibility index (Phi) is 6.71. The largest absolute Gasteiger partial charge is 0.497 e. The van der Waals surface area contributed by atoms with Crippen LogP contribution in [0.4, 0.5) is 11.4 Å². The molecule has 2 aromatic rings. The first-order chi connectivity index (χ1) is 13.9. The molecule has 0 unspecified atom stereocenters. The van der Waals surface area contributed by atoms with Crippen molar-refractivity contribution in [3.63, 3.8) is 0 Å². The lowest BCUT2D eigenvalue weighted by atomic mass is 10.1. The molecule has 9 heteroatoms. The lowest BCUT2D eigenvalue weighted by Gasteiger charge is -2.13.